The first kappa shape index (κ1) is 13.3. The fourth-order valence-electron chi connectivity index (χ4n) is 2.07. The molecule has 1 aromatic heterocycles. The van der Waals surface area contributed by atoms with Crippen LogP contribution in [0, 0.1) is 0 Å². The fourth-order valence-corrected chi connectivity index (χ4v) is 2.74. The van der Waals surface area contributed by atoms with Crippen LogP contribution in [0.15, 0.2) is 34.1 Å². The second kappa shape index (κ2) is 5.02. The van der Waals surface area contributed by atoms with Gasteiger partial charge in [0.25, 0.3) is 0 Å². The number of hydrogen-bond donors (Lipinski definition) is 2. The molecule has 3 rings (SSSR count). The van der Waals surface area contributed by atoms with E-state index in [0.29, 0.717) is 16.1 Å². The van der Waals surface area contributed by atoms with E-state index in [4.69, 9.17) is 4.74 Å². The van der Waals surface area contributed by atoms with Crippen LogP contribution in [0.25, 0.3) is 11.6 Å². The molecule has 0 saturated heterocycles. The van der Waals surface area contributed by atoms with Gasteiger partial charge < -0.3 is 9.84 Å². The number of para-hydroxylation sites is 1. The van der Waals surface area contributed by atoms with Crippen LogP contribution < -0.4 is 4.87 Å². The molecule has 2 heterocycles. The summed E-state index contributed by atoms with van der Waals surface area (Å²) in [5.74, 6) is -0.800. The smallest absolute Gasteiger partial charge is 0.357 e. The SMILES string of the molecule is COC(=O)C1=Nc2ccccc2C1=Cc1sc(=O)[nH]c1O. The van der Waals surface area contributed by atoms with Gasteiger partial charge in [-0.25, -0.2) is 9.79 Å². The molecular formula is C14H10N2O4S. The number of fused-ring (bicyclic) bond motifs is 1. The van der Waals surface area contributed by atoms with Crippen molar-refractivity contribution in [1.29, 1.82) is 0 Å². The molecule has 0 fully saturated rings. The monoisotopic (exact) mass is 302 g/mol. The third-order valence-electron chi connectivity index (χ3n) is 2.99. The first-order chi connectivity index (χ1) is 10.1. The predicted molar refractivity (Wildman–Crippen MR) is 80.0 cm³/mol. The summed E-state index contributed by atoms with van der Waals surface area (Å²) in [6.45, 7) is 0. The van der Waals surface area contributed by atoms with Gasteiger partial charge in [0.15, 0.2) is 5.71 Å². The van der Waals surface area contributed by atoms with Gasteiger partial charge in [-0.2, -0.15) is 0 Å². The number of carbonyl (C=O) groups excluding carboxylic acids is 1. The predicted octanol–water partition coefficient (Wildman–Crippen LogP) is 1.94. The van der Waals surface area contributed by atoms with Crippen molar-refractivity contribution >= 4 is 40.4 Å². The second-order valence-corrected chi connectivity index (χ2v) is 5.27. The third kappa shape index (κ3) is 2.27. The zero-order valence-corrected chi connectivity index (χ0v) is 11.7. The highest BCUT2D eigenvalue weighted by Crippen LogP contribution is 2.37. The van der Waals surface area contributed by atoms with Crippen LogP contribution in [0.3, 0.4) is 0 Å². The van der Waals surface area contributed by atoms with Crippen molar-refractivity contribution in [3.05, 3.63) is 44.4 Å². The molecule has 7 heteroatoms. The number of H-pyrrole nitrogens is 1. The molecule has 2 N–H and O–H groups in total. The summed E-state index contributed by atoms with van der Waals surface area (Å²) in [6.07, 6.45) is 1.56. The third-order valence-corrected chi connectivity index (χ3v) is 3.81. The molecular weight excluding hydrogens is 292 g/mol. The molecule has 0 saturated carbocycles. The molecule has 2 aromatic rings. The van der Waals surface area contributed by atoms with Gasteiger partial charge in [0.1, 0.15) is 0 Å². The minimum absolute atomic E-state index is 0.152. The van der Waals surface area contributed by atoms with Crippen molar-refractivity contribution in [2.24, 2.45) is 4.99 Å². The van der Waals surface area contributed by atoms with E-state index in [1.807, 2.05) is 18.2 Å². The van der Waals surface area contributed by atoms with E-state index in [1.54, 1.807) is 12.1 Å². The minimum Gasteiger partial charge on any atom is -0.493 e. The number of rotatable bonds is 2. The van der Waals surface area contributed by atoms with E-state index < -0.39 is 5.97 Å². The van der Waals surface area contributed by atoms with Crippen LogP contribution in [0.5, 0.6) is 5.88 Å². The van der Waals surface area contributed by atoms with E-state index >= 15 is 0 Å². The molecule has 6 nitrogen and oxygen atoms in total. The molecule has 1 aliphatic heterocycles. The molecule has 0 radical (unpaired) electrons. The number of aromatic nitrogens is 1. The summed E-state index contributed by atoms with van der Waals surface area (Å²) in [5.41, 5.74) is 2.06. The highest BCUT2D eigenvalue weighted by Gasteiger charge is 2.27. The number of aromatic amines is 1. The maximum absolute atomic E-state index is 11.9. The van der Waals surface area contributed by atoms with Gasteiger partial charge in [0, 0.05) is 11.1 Å². The summed E-state index contributed by atoms with van der Waals surface area (Å²) >= 11 is 0.853. The average Bonchev–Trinajstić information content (AvgIpc) is 2.99. The van der Waals surface area contributed by atoms with Crippen molar-refractivity contribution < 1.29 is 14.6 Å². The lowest BCUT2D eigenvalue weighted by Crippen LogP contribution is -2.14. The number of aliphatic imine (C=N–C) groups is 1. The number of carbonyl (C=O) groups is 1. The van der Waals surface area contributed by atoms with Crippen LogP contribution in [-0.4, -0.2) is 28.9 Å². The number of esters is 1. The summed E-state index contributed by atoms with van der Waals surface area (Å²) in [6, 6.07) is 7.22. The highest BCUT2D eigenvalue weighted by molar-refractivity contribution is 7.10. The normalized spacial score (nSPS) is 14.9. The van der Waals surface area contributed by atoms with Gasteiger partial charge in [-0.05, 0) is 12.1 Å². The zero-order chi connectivity index (χ0) is 15.0. The van der Waals surface area contributed by atoms with E-state index in [1.165, 1.54) is 7.11 Å². The number of benzene rings is 1. The van der Waals surface area contributed by atoms with Crippen LogP contribution in [-0.2, 0) is 9.53 Å². The van der Waals surface area contributed by atoms with Gasteiger partial charge in [-0.1, -0.05) is 29.5 Å². The second-order valence-electron chi connectivity index (χ2n) is 4.25. The minimum atomic E-state index is -0.570. The molecule has 1 aliphatic rings. The quantitative estimate of drug-likeness (QED) is 0.829. The van der Waals surface area contributed by atoms with Gasteiger partial charge in [-0.15, -0.1) is 0 Å². The number of ether oxygens (including phenoxy) is 1. The van der Waals surface area contributed by atoms with Crippen LogP contribution in [0.1, 0.15) is 10.4 Å². The van der Waals surface area contributed by atoms with Crippen molar-refractivity contribution in [2.75, 3.05) is 7.11 Å². The molecule has 0 unspecified atom stereocenters. The van der Waals surface area contributed by atoms with Crippen molar-refractivity contribution in [2.45, 2.75) is 0 Å². The van der Waals surface area contributed by atoms with Crippen LogP contribution in [0.4, 0.5) is 5.69 Å². The Kier molecular flexibility index (Phi) is 3.19. The van der Waals surface area contributed by atoms with E-state index in [-0.39, 0.29) is 16.5 Å². The number of thiazole rings is 1. The Morgan fingerprint density at radius 3 is 2.86 bits per heavy atom. The number of methoxy groups -OCH3 is 1. The van der Waals surface area contributed by atoms with E-state index in [2.05, 4.69) is 9.98 Å². The summed E-state index contributed by atoms with van der Waals surface area (Å²) in [7, 11) is 1.28. The zero-order valence-electron chi connectivity index (χ0n) is 10.9. The first-order valence-electron chi connectivity index (χ1n) is 6.00. The molecule has 0 amide bonds. The Bertz CT molecular complexity index is 845. The first-order valence-corrected chi connectivity index (χ1v) is 6.82. The average molecular weight is 302 g/mol. The highest BCUT2D eigenvalue weighted by atomic mass is 32.1. The van der Waals surface area contributed by atoms with Crippen molar-refractivity contribution in [3.63, 3.8) is 0 Å². The molecule has 0 spiro atoms. The fraction of sp³-hybridized carbons (Fsp3) is 0.0714. The number of nitrogens with one attached hydrogen (secondary N) is 1. The Labute approximate surface area is 123 Å². The standard InChI is InChI=1S/C14H10N2O4S/c1-20-13(18)11-8(6-10-12(17)16-14(19)21-10)7-4-2-3-5-9(7)15-11/h2-6,17H,1H3,(H,16,19). The van der Waals surface area contributed by atoms with Gasteiger partial charge in [-0.3, -0.25) is 9.78 Å². The molecule has 0 aliphatic carbocycles. The number of aromatic hydroxyl groups is 1. The van der Waals surface area contributed by atoms with Crippen molar-refractivity contribution in [3.8, 4) is 5.88 Å². The maximum Gasteiger partial charge on any atom is 0.357 e. The molecule has 0 bridgehead atoms. The molecule has 1 aromatic carbocycles. The maximum atomic E-state index is 11.9. The van der Waals surface area contributed by atoms with E-state index in [9.17, 15) is 14.7 Å². The molecule has 0 atom stereocenters. The van der Waals surface area contributed by atoms with E-state index in [0.717, 1.165) is 16.9 Å². The largest absolute Gasteiger partial charge is 0.493 e. The lowest BCUT2D eigenvalue weighted by Gasteiger charge is -2.03. The van der Waals surface area contributed by atoms with Crippen molar-refractivity contribution in [1.82, 2.24) is 4.98 Å². The Balaban J connectivity index is 2.18. The lowest BCUT2D eigenvalue weighted by atomic mass is 10.0. The Morgan fingerprint density at radius 1 is 1.43 bits per heavy atom. The summed E-state index contributed by atoms with van der Waals surface area (Å²) < 4.78 is 4.73. The van der Waals surface area contributed by atoms with Crippen LogP contribution in [0.2, 0.25) is 0 Å². The van der Waals surface area contributed by atoms with Gasteiger partial charge in [0.05, 0.1) is 17.7 Å². The number of hydrogen-bond acceptors (Lipinski definition) is 6. The summed E-state index contributed by atoms with van der Waals surface area (Å²) in [4.78, 5) is 29.6. The number of nitrogens with zero attached hydrogens (tertiary/aromatic N) is 1. The Hall–Kier alpha value is -2.67. The lowest BCUT2D eigenvalue weighted by molar-refractivity contribution is -0.132. The summed E-state index contributed by atoms with van der Waals surface area (Å²) in [5, 5.41) is 9.68. The molecule has 106 valence electrons. The van der Waals surface area contributed by atoms with Crippen LogP contribution >= 0.6 is 11.3 Å². The topological polar surface area (TPSA) is 91.8 Å². The Morgan fingerprint density at radius 2 is 2.19 bits per heavy atom. The van der Waals surface area contributed by atoms with Gasteiger partial charge in [0.2, 0.25) is 5.88 Å². The molecule has 21 heavy (non-hydrogen) atoms. The van der Waals surface area contributed by atoms with Gasteiger partial charge >= 0.3 is 10.8 Å².